The van der Waals surface area contributed by atoms with Crippen molar-refractivity contribution in [2.24, 2.45) is 0 Å². The zero-order valence-corrected chi connectivity index (χ0v) is 10.5. The number of hydrogen-bond donors (Lipinski definition) is 1. The third-order valence-electron chi connectivity index (χ3n) is 2.01. The van der Waals surface area contributed by atoms with Crippen molar-refractivity contribution >= 4 is 17.5 Å². The van der Waals surface area contributed by atoms with E-state index < -0.39 is 0 Å². The van der Waals surface area contributed by atoms with Gasteiger partial charge in [-0.3, -0.25) is 4.79 Å². The molecule has 1 rings (SSSR count). The normalized spacial score (nSPS) is 12.6. The van der Waals surface area contributed by atoms with Crippen LogP contribution in [0.1, 0.15) is 17.3 Å². The number of nitrogens with zero attached hydrogens (tertiary/aromatic N) is 2. The molecule has 0 aromatic carbocycles. The Balaban J connectivity index is 2.59. The molecule has 0 saturated heterocycles. The Morgan fingerprint density at radius 1 is 1.62 bits per heavy atom. The van der Waals surface area contributed by atoms with E-state index in [1.165, 1.54) is 6.20 Å². The molecular formula is C11H16ClN3O. The van der Waals surface area contributed by atoms with Gasteiger partial charge in [-0.2, -0.15) is 0 Å². The molecule has 88 valence electrons. The molecule has 5 heteroatoms. The van der Waals surface area contributed by atoms with Gasteiger partial charge in [0.25, 0.3) is 5.91 Å². The molecule has 1 atom stereocenters. The highest BCUT2D eigenvalue weighted by molar-refractivity contribution is 6.29. The number of carbonyl (C=O) groups is 1. The number of nitrogens with one attached hydrogen (secondary N) is 1. The first-order valence-electron chi connectivity index (χ1n) is 5.06. The van der Waals surface area contributed by atoms with Crippen LogP contribution in [0, 0.1) is 0 Å². The largest absolute Gasteiger partial charge is 0.348 e. The van der Waals surface area contributed by atoms with Crippen molar-refractivity contribution in [3.05, 3.63) is 29.0 Å². The Morgan fingerprint density at radius 3 is 2.88 bits per heavy atom. The molecule has 4 nitrogen and oxygen atoms in total. The van der Waals surface area contributed by atoms with Gasteiger partial charge in [0.15, 0.2) is 0 Å². The molecule has 0 spiro atoms. The fourth-order valence-corrected chi connectivity index (χ4v) is 1.62. The highest BCUT2D eigenvalue weighted by atomic mass is 35.5. The van der Waals surface area contributed by atoms with Gasteiger partial charge >= 0.3 is 0 Å². The van der Waals surface area contributed by atoms with Crippen molar-refractivity contribution in [3.63, 3.8) is 0 Å². The van der Waals surface area contributed by atoms with E-state index in [0.29, 0.717) is 10.7 Å². The average molecular weight is 242 g/mol. The second kappa shape index (κ2) is 5.82. The third-order valence-corrected chi connectivity index (χ3v) is 2.21. The predicted molar refractivity (Wildman–Crippen MR) is 64.7 cm³/mol. The summed E-state index contributed by atoms with van der Waals surface area (Å²) in [5, 5.41) is 3.21. The number of rotatable bonds is 4. The molecule has 1 amide bonds. The predicted octanol–water partition coefficient (Wildman–Crippen LogP) is 1.41. The number of amides is 1. The van der Waals surface area contributed by atoms with Crippen LogP contribution in [0.5, 0.6) is 0 Å². The molecule has 1 heterocycles. The first kappa shape index (κ1) is 12.9. The summed E-state index contributed by atoms with van der Waals surface area (Å²) in [6.45, 7) is 2.76. The zero-order chi connectivity index (χ0) is 12.1. The van der Waals surface area contributed by atoms with Gasteiger partial charge < -0.3 is 10.2 Å². The lowest BCUT2D eigenvalue weighted by atomic mass is 10.2. The lowest BCUT2D eigenvalue weighted by Crippen LogP contribution is -2.39. The van der Waals surface area contributed by atoms with Crippen molar-refractivity contribution in [2.45, 2.75) is 13.0 Å². The quantitative estimate of drug-likeness (QED) is 0.811. The maximum Gasteiger partial charge on any atom is 0.251 e. The van der Waals surface area contributed by atoms with Gasteiger partial charge in [0, 0.05) is 24.3 Å². The van der Waals surface area contributed by atoms with Gasteiger partial charge in [-0.05, 0) is 33.2 Å². The average Bonchev–Trinajstić information content (AvgIpc) is 2.16. The molecule has 0 bridgehead atoms. The Kier molecular flexibility index (Phi) is 4.71. The van der Waals surface area contributed by atoms with E-state index in [1.807, 2.05) is 25.9 Å². The minimum absolute atomic E-state index is 0.0921. The highest BCUT2D eigenvalue weighted by Gasteiger charge is 2.10. The summed E-state index contributed by atoms with van der Waals surface area (Å²) in [5.74, 6) is -0.126. The lowest BCUT2D eigenvalue weighted by molar-refractivity contribution is 0.0934. The van der Waals surface area contributed by atoms with Gasteiger partial charge in [0.1, 0.15) is 5.15 Å². The van der Waals surface area contributed by atoms with Crippen LogP contribution in [0.4, 0.5) is 0 Å². The number of pyridine rings is 1. The summed E-state index contributed by atoms with van der Waals surface area (Å²) in [6, 6.07) is 3.29. The van der Waals surface area contributed by atoms with E-state index in [4.69, 9.17) is 11.6 Å². The number of halogens is 1. The van der Waals surface area contributed by atoms with Crippen LogP contribution >= 0.6 is 11.6 Å². The van der Waals surface area contributed by atoms with Crippen molar-refractivity contribution in [1.29, 1.82) is 0 Å². The van der Waals surface area contributed by atoms with Gasteiger partial charge in [-0.25, -0.2) is 4.98 Å². The lowest BCUT2D eigenvalue weighted by Gasteiger charge is -2.18. The van der Waals surface area contributed by atoms with Gasteiger partial charge in [0.05, 0.1) is 0 Å². The highest BCUT2D eigenvalue weighted by Crippen LogP contribution is 2.06. The van der Waals surface area contributed by atoms with Gasteiger partial charge in [-0.1, -0.05) is 11.6 Å². The van der Waals surface area contributed by atoms with Crippen molar-refractivity contribution in [3.8, 4) is 0 Å². The first-order chi connectivity index (χ1) is 7.49. The molecule has 0 aliphatic heterocycles. The van der Waals surface area contributed by atoms with E-state index in [9.17, 15) is 4.79 Å². The van der Waals surface area contributed by atoms with Crippen LogP contribution in [0.15, 0.2) is 18.3 Å². The number of hydrogen-bond acceptors (Lipinski definition) is 3. The fraction of sp³-hybridized carbons (Fsp3) is 0.455. The molecule has 0 radical (unpaired) electrons. The second-order valence-electron chi connectivity index (χ2n) is 4.00. The molecule has 16 heavy (non-hydrogen) atoms. The maximum absolute atomic E-state index is 11.8. The van der Waals surface area contributed by atoms with Crippen molar-refractivity contribution in [2.75, 3.05) is 20.6 Å². The zero-order valence-electron chi connectivity index (χ0n) is 9.70. The summed E-state index contributed by atoms with van der Waals surface area (Å²) >= 11 is 5.71. The molecule has 0 aliphatic carbocycles. The van der Waals surface area contributed by atoms with Crippen LogP contribution in [0.3, 0.4) is 0 Å². The first-order valence-corrected chi connectivity index (χ1v) is 5.44. The minimum atomic E-state index is -0.126. The molecule has 0 aliphatic rings. The summed E-state index contributed by atoms with van der Waals surface area (Å²) in [7, 11) is 3.93. The molecule has 1 unspecified atom stereocenters. The summed E-state index contributed by atoms with van der Waals surface area (Å²) in [5.41, 5.74) is 0.533. The Bertz CT molecular complexity index is 368. The molecular weight excluding hydrogens is 226 g/mol. The monoisotopic (exact) mass is 241 g/mol. The second-order valence-corrected chi connectivity index (χ2v) is 4.39. The van der Waals surface area contributed by atoms with Crippen LogP contribution in [0.25, 0.3) is 0 Å². The van der Waals surface area contributed by atoms with Crippen molar-refractivity contribution < 1.29 is 4.79 Å². The molecule has 0 saturated carbocycles. The van der Waals surface area contributed by atoms with Gasteiger partial charge in [-0.15, -0.1) is 0 Å². The third kappa shape index (κ3) is 4.16. The summed E-state index contributed by atoms with van der Waals surface area (Å²) in [4.78, 5) is 17.6. The maximum atomic E-state index is 11.8. The van der Waals surface area contributed by atoms with Crippen LogP contribution in [-0.4, -0.2) is 42.5 Å². The standard InChI is InChI=1S/C11H16ClN3O/c1-8(7-15(2)3)14-11(16)9-4-5-13-10(12)6-9/h4-6,8H,7H2,1-3H3,(H,14,16). The Labute approximate surface area is 101 Å². The smallest absolute Gasteiger partial charge is 0.251 e. The molecule has 0 fully saturated rings. The van der Waals surface area contributed by atoms with E-state index in [1.54, 1.807) is 12.1 Å². The summed E-state index contributed by atoms with van der Waals surface area (Å²) < 4.78 is 0. The van der Waals surface area contributed by atoms with E-state index in [2.05, 4.69) is 10.3 Å². The fourth-order valence-electron chi connectivity index (χ4n) is 1.44. The Morgan fingerprint density at radius 2 is 2.31 bits per heavy atom. The van der Waals surface area contributed by atoms with Crippen molar-refractivity contribution in [1.82, 2.24) is 15.2 Å². The number of aromatic nitrogens is 1. The van der Waals surface area contributed by atoms with Crippen LogP contribution in [-0.2, 0) is 0 Å². The number of carbonyl (C=O) groups excluding carboxylic acids is 1. The molecule has 1 aromatic rings. The Hall–Kier alpha value is -1.13. The SMILES string of the molecule is CC(CN(C)C)NC(=O)c1ccnc(Cl)c1. The van der Waals surface area contributed by atoms with E-state index in [-0.39, 0.29) is 11.9 Å². The van der Waals surface area contributed by atoms with Crippen LogP contribution < -0.4 is 5.32 Å². The number of likely N-dealkylation sites (N-methyl/N-ethyl adjacent to an activating group) is 1. The van der Waals surface area contributed by atoms with E-state index >= 15 is 0 Å². The molecule has 1 aromatic heterocycles. The minimum Gasteiger partial charge on any atom is -0.348 e. The molecule has 1 N–H and O–H groups in total. The topological polar surface area (TPSA) is 45.2 Å². The van der Waals surface area contributed by atoms with E-state index in [0.717, 1.165) is 6.54 Å². The summed E-state index contributed by atoms with van der Waals surface area (Å²) in [6.07, 6.45) is 1.52. The van der Waals surface area contributed by atoms with Gasteiger partial charge in [0.2, 0.25) is 0 Å². The van der Waals surface area contributed by atoms with Crippen LogP contribution in [0.2, 0.25) is 5.15 Å².